The van der Waals surface area contributed by atoms with Gasteiger partial charge in [0.1, 0.15) is 0 Å². The van der Waals surface area contributed by atoms with Crippen molar-refractivity contribution >= 4 is 29.5 Å². The largest absolute Gasteiger partial charge is 0.493 e. The number of carbonyl (C=O) groups is 1. The zero-order valence-corrected chi connectivity index (χ0v) is 15.2. The molecule has 0 atom stereocenters. The van der Waals surface area contributed by atoms with Gasteiger partial charge in [0.15, 0.2) is 17.2 Å². The lowest BCUT2D eigenvalue weighted by Gasteiger charge is -2.12. The van der Waals surface area contributed by atoms with E-state index in [9.17, 15) is 4.79 Å². The third kappa shape index (κ3) is 3.89. The molecule has 1 aliphatic rings. The van der Waals surface area contributed by atoms with Crippen molar-refractivity contribution in [3.8, 4) is 11.5 Å². The Labute approximate surface area is 156 Å². The lowest BCUT2D eigenvalue weighted by Crippen LogP contribution is -2.05. The van der Waals surface area contributed by atoms with Crippen molar-refractivity contribution in [2.75, 3.05) is 13.7 Å². The highest BCUT2D eigenvalue weighted by molar-refractivity contribution is 6.32. The van der Waals surface area contributed by atoms with Crippen molar-refractivity contribution in [3.05, 3.63) is 64.3 Å². The highest BCUT2D eigenvalue weighted by atomic mass is 35.5. The number of hydrogen-bond donors (Lipinski definition) is 0. The molecule has 3 rings (SSSR count). The maximum atomic E-state index is 12.1. The number of esters is 1. The molecular weight excluding hydrogens is 354 g/mol. The summed E-state index contributed by atoms with van der Waals surface area (Å²) in [7, 11) is 1.54. The van der Waals surface area contributed by atoms with Gasteiger partial charge in [0.2, 0.25) is 5.90 Å². The quantitative estimate of drug-likeness (QED) is 0.555. The smallest absolute Gasteiger partial charge is 0.363 e. The number of halogens is 1. The van der Waals surface area contributed by atoms with E-state index in [0.717, 1.165) is 12.0 Å². The van der Waals surface area contributed by atoms with Crippen LogP contribution in [0.25, 0.3) is 6.08 Å². The molecule has 0 amide bonds. The molecule has 0 N–H and O–H groups in total. The van der Waals surface area contributed by atoms with Gasteiger partial charge in [-0.3, -0.25) is 0 Å². The monoisotopic (exact) mass is 371 g/mol. The Bertz CT molecular complexity index is 875. The second-order valence-electron chi connectivity index (χ2n) is 5.58. The van der Waals surface area contributed by atoms with Crippen LogP contribution in [-0.2, 0) is 9.53 Å². The minimum absolute atomic E-state index is 0.198. The normalized spacial score (nSPS) is 15.0. The van der Waals surface area contributed by atoms with E-state index < -0.39 is 5.97 Å². The number of hydrogen-bond acceptors (Lipinski definition) is 5. The van der Waals surface area contributed by atoms with Crippen LogP contribution in [0, 0.1) is 0 Å². The van der Waals surface area contributed by atoms with E-state index in [-0.39, 0.29) is 11.6 Å². The maximum absolute atomic E-state index is 12.1. The van der Waals surface area contributed by atoms with Gasteiger partial charge in [0.05, 0.1) is 18.7 Å². The lowest BCUT2D eigenvalue weighted by molar-refractivity contribution is -0.129. The fraction of sp³-hybridized carbons (Fsp3) is 0.200. The van der Waals surface area contributed by atoms with Crippen molar-refractivity contribution in [1.29, 1.82) is 0 Å². The first-order chi connectivity index (χ1) is 12.6. The van der Waals surface area contributed by atoms with Gasteiger partial charge < -0.3 is 14.2 Å². The molecule has 26 heavy (non-hydrogen) atoms. The Balaban J connectivity index is 1.93. The zero-order chi connectivity index (χ0) is 18.5. The van der Waals surface area contributed by atoms with Crippen LogP contribution in [0.1, 0.15) is 24.5 Å². The molecule has 6 heteroatoms. The van der Waals surface area contributed by atoms with E-state index in [1.54, 1.807) is 18.2 Å². The van der Waals surface area contributed by atoms with E-state index in [4.69, 9.17) is 25.8 Å². The molecule has 0 radical (unpaired) electrons. The average molecular weight is 372 g/mol. The van der Waals surface area contributed by atoms with E-state index in [2.05, 4.69) is 4.99 Å². The number of methoxy groups -OCH3 is 1. The summed E-state index contributed by atoms with van der Waals surface area (Å²) in [6.07, 6.45) is 2.46. The lowest BCUT2D eigenvalue weighted by atomic mass is 10.1. The standard InChI is InChI=1S/C20H18ClNO4/c1-3-9-25-18-15(21)10-13(12-17(18)24-2)11-16-20(23)26-19(22-16)14-7-5-4-6-8-14/h4-8,10-12H,3,9H2,1-2H3/b16-11-. The fourth-order valence-corrected chi connectivity index (χ4v) is 2.71. The van der Waals surface area contributed by atoms with Gasteiger partial charge in [-0.1, -0.05) is 36.7 Å². The van der Waals surface area contributed by atoms with Crippen molar-refractivity contribution < 1.29 is 19.0 Å². The van der Waals surface area contributed by atoms with Gasteiger partial charge in [-0.25, -0.2) is 9.79 Å². The average Bonchev–Trinajstić information content (AvgIpc) is 3.02. The van der Waals surface area contributed by atoms with Gasteiger partial charge in [0.25, 0.3) is 0 Å². The summed E-state index contributed by atoms with van der Waals surface area (Å²) < 4.78 is 16.2. The molecular formula is C20H18ClNO4. The summed E-state index contributed by atoms with van der Waals surface area (Å²) >= 11 is 6.31. The van der Waals surface area contributed by atoms with Crippen LogP contribution >= 0.6 is 11.6 Å². The molecule has 1 aliphatic heterocycles. The first kappa shape index (κ1) is 18.0. The molecule has 134 valence electrons. The first-order valence-corrected chi connectivity index (χ1v) is 8.58. The number of rotatable bonds is 6. The number of benzene rings is 2. The van der Waals surface area contributed by atoms with Crippen LogP contribution < -0.4 is 9.47 Å². The number of cyclic esters (lactones) is 1. The topological polar surface area (TPSA) is 57.1 Å². The Morgan fingerprint density at radius 1 is 1.23 bits per heavy atom. The summed E-state index contributed by atoms with van der Waals surface area (Å²) in [6, 6.07) is 12.7. The summed E-state index contributed by atoms with van der Waals surface area (Å²) in [5.74, 6) is 0.755. The minimum atomic E-state index is -0.509. The van der Waals surface area contributed by atoms with Crippen LogP contribution in [0.2, 0.25) is 5.02 Å². The predicted octanol–water partition coefficient (Wildman–Crippen LogP) is 4.48. The molecule has 0 aromatic heterocycles. The maximum Gasteiger partial charge on any atom is 0.363 e. The molecule has 1 heterocycles. The summed E-state index contributed by atoms with van der Waals surface area (Å²) in [4.78, 5) is 16.4. The molecule has 0 fully saturated rings. The molecule has 0 spiro atoms. The highest BCUT2D eigenvalue weighted by Gasteiger charge is 2.24. The zero-order valence-electron chi connectivity index (χ0n) is 14.5. The van der Waals surface area contributed by atoms with Gasteiger partial charge in [0, 0.05) is 5.56 Å². The Hall–Kier alpha value is -2.79. The number of ether oxygens (including phenoxy) is 3. The van der Waals surface area contributed by atoms with Gasteiger partial charge in [-0.15, -0.1) is 0 Å². The van der Waals surface area contributed by atoms with Crippen LogP contribution in [-0.4, -0.2) is 25.6 Å². The SMILES string of the molecule is CCCOc1c(Cl)cc(/C=C2\N=C(c3ccccc3)OC2=O)cc1OC. The van der Waals surface area contributed by atoms with E-state index >= 15 is 0 Å². The first-order valence-electron chi connectivity index (χ1n) is 8.20. The molecule has 0 bridgehead atoms. The van der Waals surface area contributed by atoms with Crippen molar-refractivity contribution in [3.63, 3.8) is 0 Å². The predicted molar refractivity (Wildman–Crippen MR) is 101 cm³/mol. The van der Waals surface area contributed by atoms with Crippen molar-refractivity contribution in [2.45, 2.75) is 13.3 Å². The van der Waals surface area contributed by atoms with Crippen LogP contribution in [0.3, 0.4) is 0 Å². The number of aliphatic imine (C=N–C) groups is 1. The molecule has 2 aromatic carbocycles. The van der Waals surface area contributed by atoms with Crippen LogP contribution in [0.5, 0.6) is 11.5 Å². The second-order valence-corrected chi connectivity index (χ2v) is 5.99. The molecule has 2 aromatic rings. The Morgan fingerprint density at radius 2 is 2.00 bits per heavy atom. The summed E-state index contributed by atoms with van der Waals surface area (Å²) in [6.45, 7) is 2.54. The fourth-order valence-electron chi connectivity index (χ4n) is 2.44. The molecule has 5 nitrogen and oxygen atoms in total. The minimum Gasteiger partial charge on any atom is -0.493 e. The summed E-state index contributed by atoms with van der Waals surface area (Å²) in [5, 5.41) is 0.406. The van der Waals surface area contributed by atoms with Gasteiger partial charge >= 0.3 is 5.97 Å². The molecule has 0 unspecified atom stereocenters. The Kier molecular flexibility index (Phi) is 5.58. The van der Waals surface area contributed by atoms with Crippen LogP contribution in [0.4, 0.5) is 0 Å². The molecule has 0 saturated carbocycles. The van der Waals surface area contributed by atoms with E-state index in [1.165, 1.54) is 7.11 Å². The van der Waals surface area contributed by atoms with Crippen molar-refractivity contribution in [2.24, 2.45) is 4.99 Å². The van der Waals surface area contributed by atoms with Gasteiger partial charge in [-0.05, 0) is 42.3 Å². The number of nitrogens with zero attached hydrogens (tertiary/aromatic N) is 1. The second kappa shape index (κ2) is 8.06. The van der Waals surface area contributed by atoms with Crippen molar-refractivity contribution in [1.82, 2.24) is 0 Å². The van der Waals surface area contributed by atoms with E-state index in [1.807, 2.05) is 37.3 Å². The number of carbonyl (C=O) groups excluding carboxylic acids is 1. The third-order valence-corrected chi connectivity index (χ3v) is 3.93. The molecule has 0 aliphatic carbocycles. The van der Waals surface area contributed by atoms with E-state index in [0.29, 0.717) is 28.7 Å². The van der Waals surface area contributed by atoms with Crippen LogP contribution in [0.15, 0.2) is 53.2 Å². The Morgan fingerprint density at radius 3 is 2.69 bits per heavy atom. The highest BCUT2D eigenvalue weighted by Crippen LogP contribution is 2.37. The third-order valence-electron chi connectivity index (χ3n) is 3.65. The van der Waals surface area contributed by atoms with Gasteiger partial charge in [-0.2, -0.15) is 0 Å². The molecule has 0 saturated heterocycles. The summed E-state index contributed by atoms with van der Waals surface area (Å²) in [5.41, 5.74) is 1.60.